The largest absolute Gasteiger partial charge is 0.496 e. The van der Waals surface area contributed by atoms with Crippen molar-refractivity contribution in [1.82, 2.24) is 10.3 Å². The maximum absolute atomic E-state index is 14.1. The zero-order valence-electron chi connectivity index (χ0n) is 21.4. The molecule has 36 heavy (non-hydrogen) atoms. The zero-order chi connectivity index (χ0) is 25.6. The van der Waals surface area contributed by atoms with Crippen molar-refractivity contribution in [2.24, 2.45) is 0 Å². The van der Waals surface area contributed by atoms with Gasteiger partial charge in [0.2, 0.25) is 0 Å². The number of carbonyl (C=O) groups excluding carboxylic acids is 2. The van der Waals surface area contributed by atoms with E-state index in [-0.39, 0.29) is 17.8 Å². The first-order valence-corrected chi connectivity index (χ1v) is 12.4. The lowest BCUT2D eigenvalue weighted by molar-refractivity contribution is -0.143. The smallest absolute Gasteiger partial charge is 0.337 e. The first-order chi connectivity index (χ1) is 17.3. The molecule has 2 atom stereocenters. The quantitative estimate of drug-likeness (QED) is 0.457. The fourth-order valence-corrected chi connectivity index (χ4v) is 6.04. The highest BCUT2D eigenvalue weighted by Crippen LogP contribution is 2.51. The van der Waals surface area contributed by atoms with Gasteiger partial charge in [-0.2, -0.15) is 0 Å². The summed E-state index contributed by atoms with van der Waals surface area (Å²) in [5, 5.41) is 4.43. The summed E-state index contributed by atoms with van der Waals surface area (Å²) < 4.78 is 11.3. The summed E-state index contributed by atoms with van der Waals surface area (Å²) in [4.78, 5) is 30.9. The highest BCUT2D eigenvalue weighted by Gasteiger charge is 2.50. The molecule has 1 aromatic heterocycles. The number of hydrogen-bond donors (Lipinski definition) is 2. The van der Waals surface area contributed by atoms with Gasteiger partial charge in [0.1, 0.15) is 5.75 Å². The molecule has 0 spiro atoms. The summed E-state index contributed by atoms with van der Waals surface area (Å²) >= 11 is 0. The molecule has 1 aliphatic carbocycles. The van der Waals surface area contributed by atoms with Crippen molar-refractivity contribution in [2.75, 3.05) is 7.11 Å². The van der Waals surface area contributed by atoms with E-state index in [1.807, 2.05) is 82.4 Å². The number of fused-ring (bicyclic) bond motifs is 1. The van der Waals surface area contributed by atoms with Crippen LogP contribution in [0.25, 0.3) is 10.9 Å². The minimum absolute atomic E-state index is 0.0239. The number of para-hydroxylation sites is 1. The van der Waals surface area contributed by atoms with Crippen LogP contribution in [0.4, 0.5) is 0 Å². The third-order valence-electron chi connectivity index (χ3n) is 7.44. The van der Waals surface area contributed by atoms with Gasteiger partial charge in [-0.05, 0) is 63.4 Å². The number of allylic oxidation sites excluding steroid dienone is 3. The molecule has 0 amide bonds. The number of ketones is 1. The van der Waals surface area contributed by atoms with Crippen molar-refractivity contribution in [3.05, 3.63) is 88.4 Å². The van der Waals surface area contributed by atoms with Crippen LogP contribution in [0.15, 0.2) is 77.3 Å². The van der Waals surface area contributed by atoms with Crippen molar-refractivity contribution in [3.63, 3.8) is 0 Å². The summed E-state index contributed by atoms with van der Waals surface area (Å²) in [7, 11) is 1.65. The van der Waals surface area contributed by atoms with Crippen LogP contribution < -0.4 is 10.1 Å². The van der Waals surface area contributed by atoms with Crippen LogP contribution in [0.5, 0.6) is 5.75 Å². The molecular weight excluding hydrogens is 452 g/mol. The minimum atomic E-state index is -0.971. The first kappa shape index (κ1) is 23.9. The first-order valence-electron chi connectivity index (χ1n) is 12.4. The number of carbonyl (C=O) groups is 2. The number of hydrogen-bond acceptors (Lipinski definition) is 5. The molecule has 2 aromatic carbocycles. The van der Waals surface area contributed by atoms with Crippen LogP contribution in [-0.4, -0.2) is 30.0 Å². The van der Waals surface area contributed by atoms with Gasteiger partial charge in [0, 0.05) is 46.4 Å². The van der Waals surface area contributed by atoms with Gasteiger partial charge in [-0.1, -0.05) is 30.3 Å². The molecule has 0 radical (unpaired) electrons. The van der Waals surface area contributed by atoms with Gasteiger partial charge < -0.3 is 19.8 Å². The van der Waals surface area contributed by atoms with Crippen LogP contribution in [-0.2, 0) is 19.7 Å². The SMILES string of the molecule is COc1ccccc1[C@H]1CC(=O)C2=C(C1)NC(C)=C(C(=O)OC(C)C)[C@]2(C)c1cccc2[nH]ccc12. The highest BCUT2D eigenvalue weighted by molar-refractivity contribution is 6.07. The Morgan fingerprint density at radius 1 is 1.08 bits per heavy atom. The van der Waals surface area contributed by atoms with E-state index in [1.54, 1.807) is 7.11 Å². The number of nitrogens with one attached hydrogen (secondary N) is 2. The predicted octanol–water partition coefficient (Wildman–Crippen LogP) is 5.66. The van der Waals surface area contributed by atoms with Crippen molar-refractivity contribution >= 4 is 22.7 Å². The molecular formula is C30H32N2O4. The molecule has 2 heterocycles. The van der Waals surface area contributed by atoms with E-state index < -0.39 is 11.4 Å². The molecule has 0 unspecified atom stereocenters. The van der Waals surface area contributed by atoms with Gasteiger partial charge in [0.15, 0.2) is 5.78 Å². The Morgan fingerprint density at radius 2 is 1.86 bits per heavy atom. The van der Waals surface area contributed by atoms with Crippen molar-refractivity contribution < 1.29 is 19.1 Å². The number of aromatic nitrogens is 1. The number of rotatable bonds is 5. The standard InChI is InChI=1S/C30H32N2O4/c1-17(2)36-29(34)27-18(3)32-24-15-19(20-9-6-7-12-26(20)35-5)16-25(33)28(24)30(27,4)22-10-8-11-23-21(22)13-14-31-23/h6-14,17,19,31-32H,15-16H2,1-5H3/t19-,30+/m1/s1. The number of methoxy groups -OCH3 is 1. The maximum Gasteiger partial charge on any atom is 0.337 e. The second-order valence-electron chi connectivity index (χ2n) is 10.1. The fraction of sp³-hybridized carbons (Fsp3) is 0.333. The second-order valence-corrected chi connectivity index (χ2v) is 10.1. The van der Waals surface area contributed by atoms with Gasteiger partial charge in [-0.3, -0.25) is 4.79 Å². The van der Waals surface area contributed by atoms with E-state index in [0.717, 1.165) is 33.5 Å². The van der Waals surface area contributed by atoms with Gasteiger partial charge in [0.05, 0.1) is 24.2 Å². The van der Waals surface area contributed by atoms with Crippen molar-refractivity contribution in [2.45, 2.75) is 58.0 Å². The third-order valence-corrected chi connectivity index (χ3v) is 7.44. The molecule has 0 saturated carbocycles. The Kier molecular flexibility index (Phi) is 5.99. The number of aromatic amines is 1. The lowest BCUT2D eigenvalue weighted by Gasteiger charge is -2.43. The van der Waals surface area contributed by atoms with Gasteiger partial charge in [0.25, 0.3) is 0 Å². The number of benzene rings is 2. The Balaban J connectivity index is 1.71. The minimum Gasteiger partial charge on any atom is -0.496 e. The molecule has 0 saturated heterocycles. The molecule has 186 valence electrons. The molecule has 3 aromatic rings. The molecule has 0 bridgehead atoms. The van der Waals surface area contributed by atoms with Gasteiger partial charge in [-0.15, -0.1) is 0 Å². The summed E-state index contributed by atoms with van der Waals surface area (Å²) in [5.41, 5.74) is 4.60. The van der Waals surface area contributed by atoms with Crippen LogP contribution >= 0.6 is 0 Å². The maximum atomic E-state index is 14.1. The summed E-state index contributed by atoms with van der Waals surface area (Å²) in [5.74, 6) is 0.376. The average molecular weight is 485 g/mol. The van der Waals surface area contributed by atoms with Crippen LogP contribution in [0, 0.1) is 0 Å². The lowest BCUT2D eigenvalue weighted by atomic mass is 9.62. The summed E-state index contributed by atoms with van der Waals surface area (Å²) in [6, 6.07) is 15.9. The van der Waals surface area contributed by atoms with Crippen LogP contribution in [0.3, 0.4) is 0 Å². The summed E-state index contributed by atoms with van der Waals surface area (Å²) in [6.07, 6.45) is 2.59. The number of ether oxygens (including phenoxy) is 2. The van der Waals surface area contributed by atoms with Gasteiger partial charge in [-0.25, -0.2) is 4.79 Å². The Bertz CT molecular complexity index is 1430. The fourth-order valence-electron chi connectivity index (χ4n) is 6.04. The van der Waals surface area contributed by atoms with E-state index in [4.69, 9.17) is 9.47 Å². The van der Waals surface area contributed by atoms with Crippen LogP contribution in [0.2, 0.25) is 0 Å². The van der Waals surface area contributed by atoms with Crippen molar-refractivity contribution in [1.29, 1.82) is 0 Å². The third kappa shape index (κ3) is 3.72. The summed E-state index contributed by atoms with van der Waals surface area (Å²) in [6.45, 7) is 7.56. The Hall–Kier alpha value is -3.80. The lowest BCUT2D eigenvalue weighted by Crippen LogP contribution is -2.45. The Labute approximate surface area is 211 Å². The molecule has 6 nitrogen and oxygen atoms in total. The molecule has 2 aliphatic rings. The van der Waals surface area contributed by atoms with Gasteiger partial charge >= 0.3 is 5.97 Å². The van der Waals surface area contributed by atoms with Crippen molar-refractivity contribution in [3.8, 4) is 5.75 Å². The van der Waals surface area contributed by atoms with E-state index in [2.05, 4.69) is 10.3 Å². The van der Waals surface area contributed by atoms with E-state index in [9.17, 15) is 9.59 Å². The molecule has 1 aliphatic heterocycles. The van der Waals surface area contributed by atoms with E-state index in [1.165, 1.54) is 0 Å². The molecule has 2 N–H and O–H groups in total. The zero-order valence-corrected chi connectivity index (χ0v) is 21.4. The molecule has 6 heteroatoms. The molecule has 5 rings (SSSR count). The average Bonchev–Trinajstić information content (AvgIpc) is 3.32. The van der Waals surface area contributed by atoms with Crippen LogP contribution in [0.1, 0.15) is 57.6 Å². The highest BCUT2D eigenvalue weighted by atomic mass is 16.5. The van der Waals surface area contributed by atoms with E-state index >= 15 is 0 Å². The second kappa shape index (κ2) is 9.01. The predicted molar refractivity (Wildman–Crippen MR) is 140 cm³/mol. The number of esters is 1. The molecule has 0 fully saturated rings. The van der Waals surface area contributed by atoms with E-state index in [0.29, 0.717) is 29.7 Å². The number of Topliss-reactive ketones (excluding diaryl/α,β-unsaturated/α-hetero) is 1. The Morgan fingerprint density at radius 3 is 2.61 bits per heavy atom. The number of dihydropyridines is 1. The topological polar surface area (TPSA) is 80.4 Å². The monoisotopic (exact) mass is 484 g/mol. The number of H-pyrrole nitrogens is 1. The normalized spacial score (nSPS) is 22.1.